The summed E-state index contributed by atoms with van der Waals surface area (Å²) in [5.74, 6) is 0. The lowest BCUT2D eigenvalue weighted by atomic mass is 9.83. The van der Waals surface area contributed by atoms with Crippen molar-refractivity contribution in [2.75, 3.05) is 19.8 Å². The van der Waals surface area contributed by atoms with E-state index in [1.807, 2.05) is 0 Å². The third-order valence-corrected chi connectivity index (χ3v) is 7.45. The Morgan fingerprint density at radius 1 is 1.16 bits per heavy atom. The van der Waals surface area contributed by atoms with E-state index in [4.69, 9.17) is 4.74 Å². The third-order valence-electron chi connectivity index (χ3n) is 7.45. The van der Waals surface area contributed by atoms with E-state index >= 15 is 0 Å². The summed E-state index contributed by atoms with van der Waals surface area (Å²) in [6, 6.07) is 5.67. The summed E-state index contributed by atoms with van der Waals surface area (Å²) in [6.45, 7) is 15.2. The predicted molar refractivity (Wildman–Crippen MR) is 131 cm³/mol. The van der Waals surface area contributed by atoms with Crippen molar-refractivity contribution in [1.29, 1.82) is 0 Å². The Labute approximate surface area is 189 Å². The zero-order valence-corrected chi connectivity index (χ0v) is 19.8. The molecular weight excluding hydrogens is 378 g/mol. The van der Waals surface area contributed by atoms with Crippen LogP contribution in [-0.2, 0) is 24.1 Å². The van der Waals surface area contributed by atoms with Crippen molar-refractivity contribution < 1.29 is 4.74 Å². The van der Waals surface area contributed by atoms with Gasteiger partial charge >= 0.3 is 0 Å². The molecule has 3 aliphatic rings. The van der Waals surface area contributed by atoms with Crippen LogP contribution in [-0.4, -0.2) is 30.7 Å². The van der Waals surface area contributed by atoms with E-state index in [-0.39, 0.29) is 0 Å². The average Bonchev–Trinajstić information content (AvgIpc) is 2.78. The molecular formula is C29H39NO. The van der Waals surface area contributed by atoms with Gasteiger partial charge in [-0.25, -0.2) is 0 Å². The number of benzene rings is 1. The normalized spacial score (nSPS) is 20.8. The van der Waals surface area contributed by atoms with Gasteiger partial charge in [-0.3, -0.25) is 4.90 Å². The van der Waals surface area contributed by atoms with Crippen LogP contribution in [0.5, 0.6) is 0 Å². The van der Waals surface area contributed by atoms with Crippen molar-refractivity contribution in [3.05, 3.63) is 81.5 Å². The number of allylic oxidation sites excluding steroid dienone is 7. The van der Waals surface area contributed by atoms with Crippen LogP contribution in [0.4, 0.5) is 0 Å². The Kier molecular flexibility index (Phi) is 7.30. The zero-order chi connectivity index (χ0) is 21.8. The standard InChI is InChI=1S/C29H39NO/c1-5-7-21(2)27-9-6-8-22(3)28(27)11-10-24-18-23(4)29-20-30(15-12-25(29)19-24)26-13-16-31-17-14-26/h5,7,9,18-19,26H,2,6,8,10-17,20H2,1,3-4H3/b7-5-. The summed E-state index contributed by atoms with van der Waals surface area (Å²) in [5, 5.41) is 0. The fraction of sp³-hybridized carbons (Fsp3) is 0.517. The summed E-state index contributed by atoms with van der Waals surface area (Å²) >= 11 is 0. The molecule has 0 atom stereocenters. The minimum Gasteiger partial charge on any atom is -0.381 e. The summed E-state index contributed by atoms with van der Waals surface area (Å²) < 4.78 is 5.58. The molecule has 1 aliphatic carbocycles. The molecule has 2 heterocycles. The number of hydrogen-bond donors (Lipinski definition) is 0. The van der Waals surface area contributed by atoms with E-state index in [0.29, 0.717) is 6.04 Å². The van der Waals surface area contributed by atoms with Crippen LogP contribution in [0.15, 0.2) is 59.2 Å². The first kappa shape index (κ1) is 22.3. The maximum Gasteiger partial charge on any atom is 0.0480 e. The van der Waals surface area contributed by atoms with Gasteiger partial charge < -0.3 is 4.74 Å². The Morgan fingerprint density at radius 2 is 1.97 bits per heavy atom. The highest BCUT2D eigenvalue weighted by Crippen LogP contribution is 2.34. The second-order valence-electron chi connectivity index (χ2n) is 9.56. The van der Waals surface area contributed by atoms with E-state index in [2.05, 4.69) is 62.6 Å². The molecule has 0 bridgehead atoms. The molecule has 0 radical (unpaired) electrons. The molecule has 1 saturated heterocycles. The first-order valence-electron chi connectivity index (χ1n) is 12.2. The highest BCUT2D eigenvalue weighted by molar-refractivity contribution is 5.53. The molecule has 0 N–H and O–H groups in total. The summed E-state index contributed by atoms with van der Waals surface area (Å²) in [5.41, 5.74) is 11.7. The van der Waals surface area contributed by atoms with Crippen LogP contribution in [0, 0.1) is 6.92 Å². The van der Waals surface area contributed by atoms with Crippen LogP contribution in [0.25, 0.3) is 0 Å². The number of aryl methyl sites for hydroxylation is 2. The zero-order valence-electron chi connectivity index (χ0n) is 19.8. The van der Waals surface area contributed by atoms with Gasteiger partial charge in [-0.1, -0.05) is 42.5 Å². The van der Waals surface area contributed by atoms with Crippen LogP contribution >= 0.6 is 0 Å². The molecule has 0 aromatic heterocycles. The molecule has 1 aromatic carbocycles. The number of fused-ring (bicyclic) bond motifs is 1. The van der Waals surface area contributed by atoms with Crippen molar-refractivity contribution in [1.82, 2.24) is 4.90 Å². The van der Waals surface area contributed by atoms with Crippen molar-refractivity contribution in [3.63, 3.8) is 0 Å². The lowest BCUT2D eigenvalue weighted by molar-refractivity contribution is 0.0289. The summed E-state index contributed by atoms with van der Waals surface area (Å²) in [6.07, 6.45) is 14.8. The molecule has 1 fully saturated rings. The molecule has 2 heteroatoms. The van der Waals surface area contributed by atoms with E-state index in [1.165, 1.54) is 54.5 Å². The molecule has 0 amide bonds. The molecule has 2 nitrogen and oxygen atoms in total. The molecule has 1 aromatic rings. The fourth-order valence-electron chi connectivity index (χ4n) is 5.64. The van der Waals surface area contributed by atoms with E-state index in [0.717, 1.165) is 44.6 Å². The summed E-state index contributed by atoms with van der Waals surface area (Å²) in [4.78, 5) is 2.71. The first-order valence-corrected chi connectivity index (χ1v) is 12.2. The smallest absolute Gasteiger partial charge is 0.0480 e. The molecule has 0 unspecified atom stereocenters. The Bertz CT molecular complexity index is 911. The van der Waals surface area contributed by atoms with Crippen molar-refractivity contribution in [2.24, 2.45) is 0 Å². The maximum atomic E-state index is 5.58. The highest BCUT2D eigenvalue weighted by Gasteiger charge is 2.26. The van der Waals surface area contributed by atoms with E-state index in [9.17, 15) is 0 Å². The number of hydrogen-bond acceptors (Lipinski definition) is 2. The lowest BCUT2D eigenvalue weighted by Gasteiger charge is -2.38. The van der Waals surface area contributed by atoms with Crippen molar-refractivity contribution in [2.45, 2.75) is 78.3 Å². The topological polar surface area (TPSA) is 12.5 Å². The molecule has 0 spiro atoms. The first-order chi connectivity index (χ1) is 15.1. The highest BCUT2D eigenvalue weighted by atomic mass is 16.5. The predicted octanol–water partition coefficient (Wildman–Crippen LogP) is 6.63. The second-order valence-corrected chi connectivity index (χ2v) is 9.56. The Morgan fingerprint density at radius 3 is 2.74 bits per heavy atom. The van der Waals surface area contributed by atoms with Gasteiger partial charge in [0.05, 0.1) is 0 Å². The van der Waals surface area contributed by atoms with Crippen LogP contribution < -0.4 is 0 Å². The van der Waals surface area contributed by atoms with E-state index in [1.54, 1.807) is 16.7 Å². The van der Waals surface area contributed by atoms with Gasteiger partial charge in [-0.2, -0.15) is 0 Å². The van der Waals surface area contributed by atoms with Crippen LogP contribution in [0.3, 0.4) is 0 Å². The quantitative estimate of drug-likeness (QED) is 0.481. The van der Waals surface area contributed by atoms with Crippen LogP contribution in [0.1, 0.15) is 68.2 Å². The third kappa shape index (κ3) is 5.13. The molecule has 2 aliphatic heterocycles. The second kappa shape index (κ2) is 10.1. The number of ether oxygens (including phenoxy) is 1. The summed E-state index contributed by atoms with van der Waals surface area (Å²) in [7, 11) is 0. The molecule has 4 rings (SSSR count). The fourth-order valence-corrected chi connectivity index (χ4v) is 5.64. The minimum atomic E-state index is 0.706. The number of rotatable bonds is 6. The minimum absolute atomic E-state index is 0.706. The lowest BCUT2D eigenvalue weighted by Crippen LogP contribution is -2.42. The number of nitrogens with zero attached hydrogens (tertiary/aromatic N) is 1. The largest absolute Gasteiger partial charge is 0.381 e. The van der Waals surface area contributed by atoms with Gasteiger partial charge in [-0.05, 0) is 105 Å². The van der Waals surface area contributed by atoms with Gasteiger partial charge in [0.15, 0.2) is 0 Å². The Balaban J connectivity index is 1.46. The van der Waals surface area contributed by atoms with Gasteiger partial charge in [0.2, 0.25) is 0 Å². The van der Waals surface area contributed by atoms with Gasteiger partial charge in [0.25, 0.3) is 0 Å². The Hall–Kier alpha value is -1.90. The van der Waals surface area contributed by atoms with Gasteiger partial charge in [0, 0.05) is 32.3 Å². The monoisotopic (exact) mass is 417 g/mol. The van der Waals surface area contributed by atoms with Crippen LogP contribution in [0.2, 0.25) is 0 Å². The molecule has 31 heavy (non-hydrogen) atoms. The van der Waals surface area contributed by atoms with Crippen molar-refractivity contribution >= 4 is 0 Å². The molecule has 0 saturated carbocycles. The van der Waals surface area contributed by atoms with Gasteiger partial charge in [-0.15, -0.1) is 0 Å². The SMILES string of the molecule is C=C(/C=C\C)C1=CCCC(C)=C1CCc1cc(C)c2c(c1)CCN(C1CCOCC1)C2. The maximum absolute atomic E-state index is 5.58. The van der Waals surface area contributed by atoms with E-state index < -0.39 is 0 Å². The van der Waals surface area contributed by atoms with Gasteiger partial charge in [0.1, 0.15) is 0 Å². The molecule has 166 valence electrons. The van der Waals surface area contributed by atoms with Crippen molar-refractivity contribution in [3.8, 4) is 0 Å². The average molecular weight is 418 g/mol.